The molecule has 0 N–H and O–H groups in total. The lowest BCUT2D eigenvalue weighted by atomic mass is 10.1. The van der Waals surface area contributed by atoms with Gasteiger partial charge in [-0.3, -0.25) is 4.79 Å². The van der Waals surface area contributed by atoms with E-state index in [1.54, 1.807) is 0 Å². The number of hydrogen-bond acceptors (Lipinski definition) is 1. The van der Waals surface area contributed by atoms with Crippen LogP contribution in [0.15, 0.2) is 60.7 Å². The van der Waals surface area contributed by atoms with Crippen LogP contribution in [0.1, 0.15) is 22.8 Å². The summed E-state index contributed by atoms with van der Waals surface area (Å²) in [6.07, 6.45) is 0.871. The molecule has 0 aliphatic carbocycles. The maximum Gasteiger partial charge on any atom is 0.253 e. The first kappa shape index (κ1) is 13.3. The molecule has 0 fully saturated rings. The van der Waals surface area contributed by atoms with Crippen LogP contribution in [-0.4, -0.2) is 23.9 Å². The molecule has 1 amide bonds. The van der Waals surface area contributed by atoms with Gasteiger partial charge in [0.1, 0.15) is 0 Å². The number of nitrogens with zero attached hydrogens (tertiary/aromatic N) is 1. The summed E-state index contributed by atoms with van der Waals surface area (Å²) in [5.41, 5.74) is 1.99. The zero-order chi connectivity index (χ0) is 13.7. The summed E-state index contributed by atoms with van der Waals surface area (Å²) in [5.74, 6) is 0.0732. The molecule has 0 bridgehead atoms. The van der Waals surface area contributed by atoms with Gasteiger partial charge in [0.25, 0.3) is 5.91 Å². The summed E-state index contributed by atoms with van der Waals surface area (Å²) >= 11 is 0. The molecule has 0 saturated heterocycles. The van der Waals surface area contributed by atoms with E-state index in [1.165, 1.54) is 5.56 Å². The van der Waals surface area contributed by atoms with Crippen molar-refractivity contribution < 1.29 is 4.79 Å². The van der Waals surface area contributed by atoms with Gasteiger partial charge >= 0.3 is 0 Å². The summed E-state index contributed by atoms with van der Waals surface area (Å²) in [4.78, 5) is 14.1. The highest BCUT2D eigenvalue weighted by Gasteiger charge is 2.17. The van der Waals surface area contributed by atoms with Gasteiger partial charge in [-0.25, -0.2) is 0 Å². The fourth-order valence-corrected chi connectivity index (χ4v) is 2.08. The molecular weight excluding hydrogens is 234 g/mol. The van der Waals surface area contributed by atoms with Crippen molar-refractivity contribution in [3.05, 3.63) is 71.8 Å². The van der Waals surface area contributed by atoms with Crippen LogP contribution in [0.3, 0.4) is 0 Å². The molecule has 2 aromatic rings. The third-order valence-corrected chi connectivity index (χ3v) is 3.38. The van der Waals surface area contributed by atoms with Crippen LogP contribution in [-0.2, 0) is 6.42 Å². The van der Waals surface area contributed by atoms with E-state index in [0.29, 0.717) is 0 Å². The molecule has 0 unspecified atom stereocenters. The molecule has 1 atom stereocenters. The average molecular weight is 253 g/mol. The van der Waals surface area contributed by atoms with Gasteiger partial charge in [0.05, 0.1) is 0 Å². The molecule has 2 nitrogen and oxygen atoms in total. The predicted molar refractivity (Wildman–Crippen MR) is 78.1 cm³/mol. The third-order valence-electron chi connectivity index (χ3n) is 3.38. The van der Waals surface area contributed by atoms with E-state index < -0.39 is 0 Å². The number of rotatable bonds is 4. The summed E-state index contributed by atoms with van der Waals surface area (Å²) < 4.78 is 0. The molecular formula is C17H19NO. The van der Waals surface area contributed by atoms with E-state index in [4.69, 9.17) is 0 Å². The maximum atomic E-state index is 12.3. The second-order valence-corrected chi connectivity index (χ2v) is 4.82. The van der Waals surface area contributed by atoms with Crippen LogP contribution >= 0.6 is 0 Å². The van der Waals surface area contributed by atoms with Gasteiger partial charge in [-0.2, -0.15) is 0 Å². The predicted octanol–water partition coefficient (Wildman–Crippen LogP) is 3.39. The molecule has 0 saturated carbocycles. The van der Waals surface area contributed by atoms with E-state index in [9.17, 15) is 4.79 Å². The SMILES string of the molecule is C[C@H](Cc1ccccc1)N(C)C(=O)c1ccccc1. The van der Waals surface area contributed by atoms with Crippen LogP contribution in [0.5, 0.6) is 0 Å². The third kappa shape index (κ3) is 3.44. The van der Waals surface area contributed by atoms with E-state index in [0.717, 1.165) is 12.0 Å². The Morgan fingerprint density at radius 2 is 1.53 bits per heavy atom. The smallest absolute Gasteiger partial charge is 0.253 e. The first-order valence-electron chi connectivity index (χ1n) is 6.54. The number of amides is 1. The lowest BCUT2D eigenvalue weighted by molar-refractivity contribution is 0.0743. The Balaban J connectivity index is 2.03. The zero-order valence-corrected chi connectivity index (χ0v) is 11.4. The Morgan fingerprint density at radius 3 is 2.11 bits per heavy atom. The number of carbonyl (C=O) groups is 1. The Morgan fingerprint density at radius 1 is 1.00 bits per heavy atom. The minimum atomic E-state index is 0.0732. The van der Waals surface area contributed by atoms with Crippen molar-refractivity contribution in [1.82, 2.24) is 4.90 Å². The minimum Gasteiger partial charge on any atom is -0.339 e. The molecule has 0 heterocycles. The Hall–Kier alpha value is -2.09. The molecule has 19 heavy (non-hydrogen) atoms. The molecule has 0 aliphatic heterocycles. The summed E-state index contributed by atoms with van der Waals surface area (Å²) in [6.45, 7) is 2.08. The van der Waals surface area contributed by atoms with Crippen molar-refractivity contribution in [3.63, 3.8) is 0 Å². The van der Waals surface area contributed by atoms with E-state index in [-0.39, 0.29) is 11.9 Å². The van der Waals surface area contributed by atoms with Crippen molar-refractivity contribution in [2.45, 2.75) is 19.4 Å². The first-order chi connectivity index (χ1) is 9.18. The summed E-state index contributed by atoms with van der Waals surface area (Å²) in [5, 5.41) is 0. The number of carbonyl (C=O) groups excluding carboxylic acids is 1. The molecule has 2 rings (SSSR count). The molecule has 0 spiro atoms. The van der Waals surface area contributed by atoms with E-state index in [2.05, 4.69) is 19.1 Å². The summed E-state index contributed by atoms with van der Waals surface area (Å²) in [7, 11) is 1.86. The molecule has 0 aliphatic rings. The fourth-order valence-electron chi connectivity index (χ4n) is 2.08. The molecule has 2 aromatic carbocycles. The molecule has 0 aromatic heterocycles. The number of benzene rings is 2. The average Bonchev–Trinajstić information content (AvgIpc) is 2.47. The normalized spacial score (nSPS) is 11.9. The fraction of sp³-hybridized carbons (Fsp3) is 0.235. The van der Waals surface area contributed by atoms with Gasteiger partial charge < -0.3 is 4.90 Å². The van der Waals surface area contributed by atoms with Gasteiger partial charge in [0, 0.05) is 18.7 Å². The largest absolute Gasteiger partial charge is 0.339 e. The van der Waals surface area contributed by atoms with Gasteiger partial charge in [-0.15, -0.1) is 0 Å². The van der Waals surface area contributed by atoms with Crippen molar-refractivity contribution in [2.75, 3.05) is 7.05 Å². The van der Waals surface area contributed by atoms with Crippen molar-refractivity contribution in [2.24, 2.45) is 0 Å². The van der Waals surface area contributed by atoms with Gasteiger partial charge in [-0.1, -0.05) is 48.5 Å². The lowest BCUT2D eigenvalue weighted by Crippen LogP contribution is -2.36. The molecule has 98 valence electrons. The monoisotopic (exact) mass is 253 g/mol. The number of likely N-dealkylation sites (N-methyl/N-ethyl adjacent to an activating group) is 1. The van der Waals surface area contributed by atoms with E-state index >= 15 is 0 Å². The van der Waals surface area contributed by atoms with Gasteiger partial charge in [0.15, 0.2) is 0 Å². The Labute approximate surface area is 114 Å². The van der Waals surface area contributed by atoms with Crippen LogP contribution in [0, 0.1) is 0 Å². The quantitative estimate of drug-likeness (QED) is 0.818. The van der Waals surface area contributed by atoms with Crippen LogP contribution < -0.4 is 0 Å². The van der Waals surface area contributed by atoms with Crippen molar-refractivity contribution in [1.29, 1.82) is 0 Å². The van der Waals surface area contributed by atoms with Crippen molar-refractivity contribution in [3.8, 4) is 0 Å². The maximum absolute atomic E-state index is 12.3. The second-order valence-electron chi connectivity index (χ2n) is 4.82. The molecule has 0 radical (unpaired) electrons. The van der Waals surface area contributed by atoms with Crippen LogP contribution in [0.2, 0.25) is 0 Å². The summed E-state index contributed by atoms with van der Waals surface area (Å²) in [6, 6.07) is 19.8. The van der Waals surface area contributed by atoms with Gasteiger partial charge in [0.2, 0.25) is 0 Å². The highest BCUT2D eigenvalue weighted by Crippen LogP contribution is 2.11. The molecule has 2 heteroatoms. The minimum absolute atomic E-state index is 0.0732. The second kappa shape index (κ2) is 6.19. The van der Waals surface area contributed by atoms with Crippen LogP contribution in [0.4, 0.5) is 0 Å². The topological polar surface area (TPSA) is 20.3 Å². The van der Waals surface area contributed by atoms with Crippen molar-refractivity contribution >= 4 is 5.91 Å². The van der Waals surface area contributed by atoms with Crippen LogP contribution in [0.25, 0.3) is 0 Å². The Bertz CT molecular complexity index is 521. The highest BCUT2D eigenvalue weighted by molar-refractivity contribution is 5.94. The number of hydrogen-bond donors (Lipinski definition) is 0. The Kier molecular flexibility index (Phi) is 4.35. The van der Waals surface area contributed by atoms with Gasteiger partial charge in [-0.05, 0) is 31.0 Å². The standard InChI is InChI=1S/C17H19NO/c1-14(13-15-9-5-3-6-10-15)18(2)17(19)16-11-7-4-8-12-16/h3-12,14H,13H2,1-2H3/t14-/m1/s1. The first-order valence-corrected chi connectivity index (χ1v) is 6.54. The lowest BCUT2D eigenvalue weighted by Gasteiger charge is -2.25. The van der Waals surface area contributed by atoms with E-state index in [1.807, 2.05) is 60.5 Å². The zero-order valence-electron chi connectivity index (χ0n) is 11.4. The highest BCUT2D eigenvalue weighted by atomic mass is 16.2.